The molecule has 1 aromatic heterocycles. The number of amides is 15. The first kappa shape index (κ1) is 103. The van der Waals surface area contributed by atoms with Crippen LogP contribution in [0.15, 0.2) is 146 Å². The zero-order valence-corrected chi connectivity index (χ0v) is 76.0. The number of nitrogens with one attached hydrogen (secondary N) is 9. The van der Waals surface area contributed by atoms with E-state index in [1.165, 1.54) is 58.0 Å². The van der Waals surface area contributed by atoms with Gasteiger partial charge in [-0.2, -0.15) is 0 Å². The van der Waals surface area contributed by atoms with Gasteiger partial charge in [-0.25, -0.2) is 0 Å². The van der Waals surface area contributed by atoms with Crippen LogP contribution in [0.4, 0.5) is 0 Å². The predicted molar refractivity (Wildman–Crippen MR) is 489 cm³/mol. The molecule has 17 N–H and O–H groups in total. The summed E-state index contributed by atoms with van der Waals surface area (Å²) < 4.78 is 0. The summed E-state index contributed by atoms with van der Waals surface area (Å²) in [5, 5.41) is 42.9. The maximum Gasteiger partial charge on any atom is 0.305 e. The number of carboxylic acids is 1. The first-order valence-corrected chi connectivity index (χ1v) is 45.5. The minimum absolute atomic E-state index is 0.00171. The van der Waals surface area contributed by atoms with E-state index in [2.05, 4.69) is 47.5 Å². The van der Waals surface area contributed by atoms with Gasteiger partial charge in [0.25, 0.3) is 0 Å². The molecule has 702 valence electrons. The van der Waals surface area contributed by atoms with Gasteiger partial charge in [0.15, 0.2) is 0 Å². The van der Waals surface area contributed by atoms with Gasteiger partial charge >= 0.3 is 5.97 Å². The highest BCUT2D eigenvalue weighted by Crippen LogP contribution is 2.28. The molecular formula is C94H127N17O18S. The molecule has 15 amide bonds. The van der Waals surface area contributed by atoms with Crippen LogP contribution >= 0.6 is 11.8 Å². The van der Waals surface area contributed by atoms with E-state index in [4.69, 9.17) is 17.2 Å². The van der Waals surface area contributed by atoms with Crippen molar-refractivity contribution >= 4 is 117 Å². The van der Waals surface area contributed by atoms with Gasteiger partial charge in [0.1, 0.15) is 78.3 Å². The Hall–Kier alpha value is -12.7. The normalized spacial score (nSPS) is 15.9. The largest absolute Gasteiger partial charge is 0.508 e. The molecular weight excluding hydrogens is 1690 g/mol. The van der Waals surface area contributed by atoms with E-state index < -0.39 is 180 Å². The number of H-pyrrole nitrogens is 1. The van der Waals surface area contributed by atoms with Gasteiger partial charge in [0.05, 0.1) is 18.7 Å². The lowest BCUT2D eigenvalue weighted by molar-refractivity contribution is -0.152. The number of para-hydroxylation sites is 1. The van der Waals surface area contributed by atoms with E-state index in [0.29, 0.717) is 59.7 Å². The molecule has 130 heavy (non-hydrogen) atoms. The van der Waals surface area contributed by atoms with Gasteiger partial charge in [0.2, 0.25) is 88.6 Å². The van der Waals surface area contributed by atoms with E-state index >= 15 is 33.6 Å². The Bertz CT molecular complexity index is 4870. The number of fused-ring (bicyclic) bond motifs is 1. The number of aryl methyl sites for hydroxylation is 1. The first-order chi connectivity index (χ1) is 62.1. The summed E-state index contributed by atoms with van der Waals surface area (Å²) in [6.07, 6.45) is 3.51. The summed E-state index contributed by atoms with van der Waals surface area (Å²) in [5.74, 6) is -14.6. The monoisotopic (exact) mass is 1810 g/mol. The third kappa shape index (κ3) is 30.5. The lowest BCUT2D eigenvalue weighted by Crippen LogP contribution is -2.62. The standard InChI is InChI=1S/C94H127N17O18S/c1-9-10-35-75(108(7)92(127)77(50-61-30-18-13-19-31-61)107(6)80(115)43-40-59-26-14-11-15-27-59)93(128)111-46-25-37-74(111)89(124)104-71(52-81(116)117)87(122)106-82(58(4)5)94(129)109(8)76(49-60-28-16-12-17-29-60)90(125)100-67(34-22-23-44-95)91(126)110-45-24-36-73(110)88(123)103-70(51-63-53-98-66-33-21-20-32-65(63)66)86(121)102-69(48-62-38-41-64(112)42-39-62)85(120)101-68(47-57(2)3)84(119)105-72(55-130-56-79(97)114)83(118)99-54-78(96)113/h11-21,26-33,38-39,41-42,53,57-58,67-77,82,98,112H,9-10,22-25,34-37,40,43-52,54-56,95H2,1-8H3,(H2,96,113)(H2,97,114)(H,99,118)(H,100,125)(H,101,120)(H,102,121)(H,103,123)(H,104,124)(H,105,119)(H,106,122)(H,116,117)/t67-,68-,69-,70-,71-,72-,73+,74+,75-,76?,77-,82-/m0/s1. The molecule has 36 heteroatoms. The number of phenolic OH excluding ortho intramolecular Hbond substituents is 1. The quantitative estimate of drug-likeness (QED) is 0.0244. The van der Waals surface area contributed by atoms with Crippen molar-refractivity contribution in [2.75, 3.05) is 58.8 Å². The molecule has 2 fully saturated rings. The summed E-state index contributed by atoms with van der Waals surface area (Å²) in [4.78, 5) is 239. The number of primary amides is 2. The fourth-order valence-electron chi connectivity index (χ4n) is 16.1. The maximum absolute atomic E-state index is 15.5. The second kappa shape index (κ2) is 50.9. The van der Waals surface area contributed by atoms with E-state index in [-0.39, 0.29) is 126 Å². The number of rotatable bonds is 51. The Morgan fingerprint density at radius 2 is 1.02 bits per heavy atom. The van der Waals surface area contributed by atoms with E-state index in [1.54, 1.807) is 89.5 Å². The van der Waals surface area contributed by atoms with E-state index in [9.17, 15) is 53.4 Å². The van der Waals surface area contributed by atoms with Crippen LogP contribution in [-0.4, -0.2) is 266 Å². The van der Waals surface area contributed by atoms with Crippen LogP contribution in [0.3, 0.4) is 0 Å². The summed E-state index contributed by atoms with van der Waals surface area (Å²) in [5.41, 5.74) is 20.6. The highest BCUT2D eigenvalue weighted by molar-refractivity contribution is 8.00. The van der Waals surface area contributed by atoms with Crippen molar-refractivity contribution in [2.45, 2.75) is 223 Å². The molecule has 2 saturated heterocycles. The third-order valence-electron chi connectivity index (χ3n) is 23.4. The number of likely N-dealkylation sites (tertiary alicyclic amines) is 2. The number of aromatic hydroxyl groups is 1. The number of hydrogen-bond donors (Lipinski definition) is 14. The molecule has 5 aromatic carbocycles. The molecule has 12 atom stereocenters. The highest BCUT2D eigenvalue weighted by Gasteiger charge is 2.46. The smallest absolute Gasteiger partial charge is 0.305 e. The number of hydrogen-bond acceptors (Lipinski definition) is 19. The summed E-state index contributed by atoms with van der Waals surface area (Å²) in [7, 11) is 4.41. The number of carbonyl (C=O) groups excluding carboxylic acids is 15. The summed E-state index contributed by atoms with van der Waals surface area (Å²) in [6, 6.07) is 23.7. The number of nitrogens with zero attached hydrogens (tertiary/aromatic N) is 5. The zero-order valence-electron chi connectivity index (χ0n) is 75.2. The molecule has 8 rings (SSSR count). The zero-order chi connectivity index (χ0) is 94.8. The van der Waals surface area contributed by atoms with Crippen molar-refractivity contribution in [1.29, 1.82) is 0 Å². The summed E-state index contributed by atoms with van der Waals surface area (Å²) >= 11 is 0.923. The third-order valence-corrected chi connectivity index (χ3v) is 24.4. The molecule has 0 bridgehead atoms. The fourth-order valence-corrected chi connectivity index (χ4v) is 16.9. The predicted octanol–water partition coefficient (Wildman–Crippen LogP) is 2.95. The number of carboxylic acid groups (broad SMARTS) is 1. The Morgan fingerprint density at radius 1 is 0.508 bits per heavy atom. The second-order valence-corrected chi connectivity index (χ2v) is 35.1. The SMILES string of the molecule is CCCC[C@@H](C(=O)N1CCC[C@@H]1C(=O)N[C@@H](CC(=O)O)C(=O)N[C@H](C(=O)N(C)C(Cc1ccccc1)C(=O)N[C@@H](CCCCN)C(=O)N1CCC[C@@H]1C(=O)N[C@@H](Cc1c[nH]c2ccccc12)C(=O)N[C@@H](Cc1ccc(O)cc1)C(=O)N[C@@H](CC(C)C)C(=O)N[C@@H](CSCC(N)=O)C(=O)NCC(N)=O)C(C)C)N(C)C(=O)[C@H](Cc1ccccc1)N(C)C(=O)CCc1ccccc1. The van der Waals surface area contributed by atoms with Crippen molar-refractivity contribution in [3.8, 4) is 5.75 Å². The molecule has 35 nitrogen and oxygen atoms in total. The number of nitrogens with two attached hydrogens (primary N) is 3. The van der Waals surface area contributed by atoms with Gasteiger partial charge < -0.3 is 99.4 Å². The van der Waals surface area contributed by atoms with Crippen molar-refractivity contribution < 1.29 is 86.9 Å². The van der Waals surface area contributed by atoms with Crippen LogP contribution in [0, 0.1) is 11.8 Å². The van der Waals surface area contributed by atoms with Crippen LogP contribution < -0.4 is 59.7 Å². The van der Waals surface area contributed by atoms with Crippen LogP contribution in [0.5, 0.6) is 5.75 Å². The number of benzene rings is 5. The minimum atomic E-state index is -1.83. The number of unbranched alkanes of at least 4 members (excludes halogenated alkanes) is 2. The Balaban J connectivity index is 1.01. The van der Waals surface area contributed by atoms with Crippen molar-refractivity contribution in [2.24, 2.45) is 29.0 Å². The average molecular weight is 1820 g/mol. The molecule has 3 heterocycles. The molecule has 0 aliphatic carbocycles. The van der Waals surface area contributed by atoms with Gasteiger partial charge in [-0.1, -0.05) is 169 Å². The van der Waals surface area contributed by atoms with Gasteiger partial charge in [-0.15, -0.1) is 11.8 Å². The Labute approximate surface area is 762 Å². The first-order valence-electron chi connectivity index (χ1n) is 44.4. The van der Waals surface area contributed by atoms with Crippen molar-refractivity contribution in [1.82, 2.24) is 72.0 Å². The second-order valence-electron chi connectivity index (χ2n) is 34.0. The number of carbonyl (C=O) groups is 16. The molecule has 0 saturated carbocycles. The molecule has 0 spiro atoms. The fraction of sp³-hybridized carbons (Fsp3) is 0.489. The number of aromatic amines is 1. The lowest BCUT2D eigenvalue weighted by atomic mass is 9.98. The van der Waals surface area contributed by atoms with Crippen LogP contribution in [0.1, 0.15) is 146 Å². The summed E-state index contributed by atoms with van der Waals surface area (Å²) in [6.45, 7) is 8.36. The van der Waals surface area contributed by atoms with E-state index in [1.807, 2.05) is 73.7 Å². The average Bonchev–Trinajstić information content (AvgIpc) is 1.71. The van der Waals surface area contributed by atoms with Crippen molar-refractivity contribution in [3.05, 3.63) is 174 Å². The molecule has 2 aliphatic rings. The van der Waals surface area contributed by atoms with Crippen molar-refractivity contribution in [3.63, 3.8) is 0 Å². The topological polar surface area (TPSA) is 520 Å². The minimum Gasteiger partial charge on any atom is -0.508 e. The maximum atomic E-state index is 15.5. The van der Waals surface area contributed by atoms with Crippen LogP contribution in [-0.2, 0) is 109 Å². The van der Waals surface area contributed by atoms with Gasteiger partial charge in [-0.3, -0.25) is 76.7 Å². The number of likely N-dealkylation sites (N-methyl/N-ethyl adjacent to an activating group) is 3. The van der Waals surface area contributed by atoms with E-state index in [0.717, 1.165) is 27.8 Å². The number of aromatic nitrogens is 1. The molecule has 0 radical (unpaired) electrons. The van der Waals surface area contributed by atoms with Gasteiger partial charge in [0, 0.05) is 89.2 Å². The number of thioether (sulfide) groups is 1. The molecule has 2 aliphatic heterocycles. The molecule has 6 aromatic rings. The number of phenols is 1. The molecule has 1 unspecified atom stereocenters. The Kier molecular flexibility index (Phi) is 40.2. The van der Waals surface area contributed by atoms with Crippen LogP contribution in [0.2, 0.25) is 0 Å². The van der Waals surface area contributed by atoms with Gasteiger partial charge in [-0.05, 0) is 129 Å². The van der Waals surface area contributed by atoms with Crippen LogP contribution in [0.25, 0.3) is 10.9 Å². The highest BCUT2D eigenvalue weighted by atomic mass is 32.2. The Morgan fingerprint density at radius 3 is 1.59 bits per heavy atom. The lowest BCUT2D eigenvalue weighted by Gasteiger charge is -2.37. The number of aliphatic carboxylic acids is 1.